The van der Waals surface area contributed by atoms with Gasteiger partial charge in [0.05, 0.1) is 10.8 Å². The minimum absolute atomic E-state index is 0.0723. The largest absolute Gasteiger partial charge is 0.310 e. The molecule has 0 radical (unpaired) electrons. The lowest BCUT2D eigenvalue weighted by Crippen LogP contribution is -2.00. The Kier molecular flexibility index (Phi) is 3.76. The van der Waals surface area contributed by atoms with Crippen molar-refractivity contribution >= 4 is 28.9 Å². The first-order valence-electron chi connectivity index (χ1n) is 3.65. The highest BCUT2D eigenvalue weighted by Gasteiger charge is 2.23. The Balaban J connectivity index is 3.37. The maximum absolute atomic E-state index is 12.3. The number of nitro groups is 1. The molecule has 0 saturated heterocycles. The first-order chi connectivity index (χ1) is 6.97. The van der Waals surface area contributed by atoms with Gasteiger partial charge in [-0.25, -0.2) is 13.8 Å². The molecule has 0 fully saturated rings. The first-order valence-corrected chi connectivity index (χ1v) is 4.56. The van der Waals surface area contributed by atoms with Crippen molar-refractivity contribution in [2.45, 2.75) is 12.3 Å². The van der Waals surface area contributed by atoms with Crippen LogP contribution in [0.1, 0.15) is 17.7 Å². The van der Waals surface area contributed by atoms with Gasteiger partial charge in [-0.05, 0) is 6.07 Å². The van der Waals surface area contributed by atoms with Gasteiger partial charge in [-0.15, -0.1) is 11.6 Å². The molecule has 0 aliphatic rings. The summed E-state index contributed by atoms with van der Waals surface area (Å²) in [7, 11) is 0. The van der Waals surface area contributed by atoms with Gasteiger partial charge in [-0.3, -0.25) is 10.1 Å². The normalized spacial score (nSPS) is 10.7. The summed E-state index contributed by atoms with van der Waals surface area (Å²) in [5.41, 5.74) is -1.23. The number of hydrogen-bond donors (Lipinski definition) is 0. The topological polar surface area (TPSA) is 56.0 Å². The number of rotatable bonds is 3. The molecule has 0 atom stereocenters. The second-order valence-electron chi connectivity index (χ2n) is 2.54. The molecule has 0 aromatic carbocycles. The molecular weight excluding hydrogens is 253 g/mol. The van der Waals surface area contributed by atoms with Crippen LogP contribution in [-0.2, 0) is 5.88 Å². The zero-order valence-corrected chi connectivity index (χ0v) is 8.60. The maximum atomic E-state index is 12.3. The van der Waals surface area contributed by atoms with E-state index in [0.29, 0.717) is 0 Å². The molecule has 1 aromatic rings. The summed E-state index contributed by atoms with van der Waals surface area (Å²) in [6.07, 6.45) is -2.84. The Hall–Kier alpha value is -1.01. The molecule has 0 saturated carbocycles. The molecule has 0 aliphatic heterocycles. The molecule has 1 heterocycles. The van der Waals surface area contributed by atoms with Gasteiger partial charge in [0.25, 0.3) is 6.43 Å². The van der Waals surface area contributed by atoms with E-state index in [1.807, 2.05) is 0 Å². The summed E-state index contributed by atoms with van der Waals surface area (Å²) in [5.74, 6) is -0.279. The smallest absolute Gasteiger partial charge is 0.258 e. The third-order valence-corrected chi connectivity index (χ3v) is 2.15. The van der Waals surface area contributed by atoms with Gasteiger partial charge in [-0.2, -0.15) is 0 Å². The van der Waals surface area contributed by atoms with Crippen LogP contribution in [0.15, 0.2) is 6.07 Å². The molecule has 0 unspecified atom stereocenters. The van der Waals surface area contributed by atoms with E-state index in [1.165, 1.54) is 0 Å². The van der Waals surface area contributed by atoms with Crippen LogP contribution < -0.4 is 0 Å². The van der Waals surface area contributed by atoms with Crippen molar-refractivity contribution in [3.8, 4) is 0 Å². The standard InChI is InChI=1S/C7H4Cl2F2N2O2/c8-2-3-1-4(7(10)11)12-6(9)5(3)13(14)15/h1,7H,2H2. The molecule has 82 valence electrons. The number of halogens is 4. The highest BCUT2D eigenvalue weighted by molar-refractivity contribution is 6.31. The molecule has 0 N–H and O–H groups in total. The van der Waals surface area contributed by atoms with Crippen LogP contribution in [-0.4, -0.2) is 9.91 Å². The van der Waals surface area contributed by atoms with Crippen LogP contribution in [0.3, 0.4) is 0 Å². The fourth-order valence-corrected chi connectivity index (χ4v) is 1.48. The molecule has 0 aliphatic carbocycles. The number of hydrogen-bond acceptors (Lipinski definition) is 3. The van der Waals surface area contributed by atoms with Crippen LogP contribution in [0.25, 0.3) is 0 Å². The third kappa shape index (κ3) is 2.51. The van der Waals surface area contributed by atoms with Crippen LogP contribution in [0.4, 0.5) is 14.5 Å². The quantitative estimate of drug-likeness (QED) is 0.361. The van der Waals surface area contributed by atoms with E-state index >= 15 is 0 Å². The van der Waals surface area contributed by atoms with Gasteiger partial charge in [0.15, 0.2) is 0 Å². The summed E-state index contributed by atoms with van der Waals surface area (Å²) in [6.45, 7) is 0. The Labute approximate surface area is 93.0 Å². The van der Waals surface area contributed by atoms with Crippen LogP contribution >= 0.6 is 23.2 Å². The molecule has 15 heavy (non-hydrogen) atoms. The summed E-state index contributed by atoms with van der Waals surface area (Å²) < 4.78 is 24.5. The predicted octanol–water partition coefficient (Wildman–Crippen LogP) is 3.32. The monoisotopic (exact) mass is 256 g/mol. The summed E-state index contributed by atoms with van der Waals surface area (Å²) in [5, 5.41) is 9.94. The molecule has 0 spiro atoms. The van der Waals surface area contributed by atoms with Crippen LogP contribution in [0, 0.1) is 10.1 Å². The number of pyridine rings is 1. The first kappa shape index (κ1) is 12.1. The van der Waals surface area contributed by atoms with Crippen molar-refractivity contribution < 1.29 is 13.7 Å². The molecule has 4 nitrogen and oxygen atoms in total. The highest BCUT2D eigenvalue weighted by atomic mass is 35.5. The van der Waals surface area contributed by atoms with Gasteiger partial charge >= 0.3 is 5.69 Å². The summed E-state index contributed by atoms with van der Waals surface area (Å²) in [6, 6.07) is 0.877. The van der Waals surface area contributed by atoms with Crippen molar-refractivity contribution in [1.82, 2.24) is 4.98 Å². The minimum atomic E-state index is -2.84. The Morgan fingerprint density at radius 2 is 2.20 bits per heavy atom. The van der Waals surface area contributed by atoms with E-state index in [2.05, 4.69) is 4.98 Å². The summed E-state index contributed by atoms with van der Waals surface area (Å²) in [4.78, 5) is 12.9. The molecule has 0 amide bonds. The predicted molar refractivity (Wildman–Crippen MR) is 50.4 cm³/mol. The molecule has 0 bridgehead atoms. The van der Waals surface area contributed by atoms with Crippen molar-refractivity contribution in [2.75, 3.05) is 0 Å². The van der Waals surface area contributed by atoms with E-state index in [9.17, 15) is 18.9 Å². The molecule has 1 aromatic heterocycles. The zero-order chi connectivity index (χ0) is 11.6. The zero-order valence-electron chi connectivity index (χ0n) is 7.08. The lowest BCUT2D eigenvalue weighted by Gasteiger charge is -2.04. The van der Waals surface area contributed by atoms with Crippen LogP contribution in [0.2, 0.25) is 5.15 Å². The molecular formula is C7H4Cl2F2N2O2. The third-order valence-electron chi connectivity index (χ3n) is 1.60. The van der Waals surface area contributed by atoms with Gasteiger partial charge in [0.2, 0.25) is 5.15 Å². The van der Waals surface area contributed by atoms with E-state index in [-0.39, 0.29) is 11.4 Å². The second kappa shape index (κ2) is 4.67. The van der Waals surface area contributed by atoms with Gasteiger partial charge in [0.1, 0.15) is 5.69 Å². The van der Waals surface area contributed by atoms with Crippen molar-refractivity contribution in [2.24, 2.45) is 0 Å². The summed E-state index contributed by atoms with van der Waals surface area (Å²) >= 11 is 10.8. The minimum Gasteiger partial charge on any atom is -0.258 e. The highest BCUT2D eigenvalue weighted by Crippen LogP contribution is 2.31. The average molecular weight is 257 g/mol. The van der Waals surface area contributed by atoms with Crippen molar-refractivity contribution in [3.05, 3.63) is 32.6 Å². The van der Waals surface area contributed by atoms with Crippen LogP contribution in [0.5, 0.6) is 0 Å². The fourth-order valence-electron chi connectivity index (χ4n) is 0.984. The lowest BCUT2D eigenvalue weighted by atomic mass is 10.2. The van der Waals surface area contributed by atoms with Gasteiger partial charge in [-0.1, -0.05) is 11.6 Å². The average Bonchev–Trinajstić information content (AvgIpc) is 2.15. The van der Waals surface area contributed by atoms with E-state index < -0.39 is 27.9 Å². The van der Waals surface area contributed by atoms with Crippen molar-refractivity contribution in [3.63, 3.8) is 0 Å². The lowest BCUT2D eigenvalue weighted by molar-refractivity contribution is -0.385. The Morgan fingerprint density at radius 3 is 2.60 bits per heavy atom. The van der Waals surface area contributed by atoms with Gasteiger partial charge in [0, 0.05) is 5.56 Å². The Morgan fingerprint density at radius 1 is 1.60 bits per heavy atom. The molecule has 1 rings (SSSR count). The van der Waals surface area contributed by atoms with E-state index in [0.717, 1.165) is 6.07 Å². The number of nitrogens with zero attached hydrogens (tertiary/aromatic N) is 2. The SMILES string of the molecule is O=[N+]([O-])c1c(CCl)cc(C(F)F)nc1Cl. The number of alkyl halides is 3. The fraction of sp³-hybridized carbons (Fsp3) is 0.286. The second-order valence-corrected chi connectivity index (χ2v) is 3.16. The Bertz CT molecular complexity index is 401. The molecule has 8 heteroatoms. The van der Waals surface area contributed by atoms with E-state index in [1.54, 1.807) is 0 Å². The number of aromatic nitrogens is 1. The maximum Gasteiger partial charge on any atom is 0.310 e. The van der Waals surface area contributed by atoms with Crippen molar-refractivity contribution in [1.29, 1.82) is 0 Å². The van der Waals surface area contributed by atoms with E-state index in [4.69, 9.17) is 23.2 Å². The van der Waals surface area contributed by atoms with Gasteiger partial charge < -0.3 is 0 Å².